The van der Waals surface area contributed by atoms with Gasteiger partial charge in [0.05, 0.1) is 5.69 Å². The third-order valence-corrected chi connectivity index (χ3v) is 4.67. The van der Waals surface area contributed by atoms with Crippen molar-refractivity contribution in [3.8, 4) is 0 Å². The number of sulfonamides is 1. The van der Waals surface area contributed by atoms with Crippen LogP contribution in [0.2, 0.25) is 5.02 Å². The summed E-state index contributed by atoms with van der Waals surface area (Å²) >= 11 is 5.78. The van der Waals surface area contributed by atoms with Crippen molar-refractivity contribution in [2.45, 2.75) is 4.90 Å². The van der Waals surface area contributed by atoms with Gasteiger partial charge in [-0.25, -0.2) is 13.2 Å². The third kappa shape index (κ3) is 2.72. The Balaban J connectivity index is 2.65. The molecule has 0 atom stereocenters. The monoisotopic (exact) mass is 344 g/mol. The lowest BCUT2D eigenvalue weighted by atomic mass is 10.3. The van der Waals surface area contributed by atoms with Crippen molar-refractivity contribution < 1.29 is 8.42 Å². The van der Waals surface area contributed by atoms with Crippen LogP contribution in [0.4, 0.5) is 11.5 Å². The first kappa shape index (κ1) is 16.1. The molecular formula is C12H13ClN4O4S. The number of rotatable bonds is 3. The van der Waals surface area contributed by atoms with Crippen molar-refractivity contribution in [2.24, 2.45) is 14.1 Å². The van der Waals surface area contributed by atoms with E-state index < -0.39 is 32.0 Å². The summed E-state index contributed by atoms with van der Waals surface area (Å²) < 4.78 is 28.6. The Morgan fingerprint density at radius 2 is 1.82 bits per heavy atom. The van der Waals surface area contributed by atoms with E-state index in [2.05, 4.69) is 4.72 Å². The molecule has 0 aliphatic heterocycles. The molecule has 0 saturated carbocycles. The predicted octanol–water partition coefficient (Wildman–Crippen LogP) is 0.120. The van der Waals surface area contributed by atoms with E-state index >= 15 is 0 Å². The second-order valence-electron chi connectivity index (χ2n) is 4.54. The Morgan fingerprint density at radius 1 is 1.18 bits per heavy atom. The zero-order valence-electron chi connectivity index (χ0n) is 11.7. The number of aromatic nitrogens is 2. The Hall–Kier alpha value is -2.26. The first-order valence-corrected chi connectivity index (χ1v) is 7.85. The first-order valence-electron chi connectivity index (χ1n) is 5.99. The van der Waals surface area contributed by atoms with Gasteiger partial charge in [-0.1, -0.05) is 17.7 Å². The van der Waals surface area contributed by atoms with Gasteiger partial charge in [-0.3, -0.25) is 18.7 Å². The molecule has 0 radical (unpaired) electrons. The summed E-state index contributed by atoms with van der Waals surface area (Å²) in [4.78, 5) is 23.1. The van der Waals surface area contributed by atoms with Crippen LogP contribution in [0.25, 0.3) is 0 Å². The highest BCUT2D eigenvalue weighted by Gasteiger charge is 2.26. The summed E-state index contributed by atoms with van der Waals surface area (Å²) in [5.41, 5.74) is 4.07. The van der Waals surface area contributed by atoms with E-state index in [1.165, 1.54) is 26.2 Å². The quantitative estimate of drug-likeness (QED) is 0.820. The first-order chi connectivity index (χ1) is 10.1. The molecule has 1 heterocycles. The fourth-order valence-electron chi connectivity index (χ4n) is 1.84. The second-order valence-corrected chi connectivity index (χ2v) is 6.59. The van der Waals surface area contributed by atoms with E-state index in [1.807, 2.05) is 0 Å². The number of halogens is 1. The summed E-state index contributed by atoms with van der Waals surface area (Å²) in [7, 11) is -1.84. The summed E-state index contributed by atoms with van der Waals surface area (Å²) in [5, 5.41) is 0.321. The number of hydrogen-bond donors (Lipinski definition) is 2. The van der Waals surface area contributed by atoms with Gasteiger partial charge in [-0.05, 0) is 18.2 Å². The van der Waals surface area contributed by atoms with Crippen molar-refractivity contribution in [1.82, 2.24) is 9.13 Å². The number of anilines is 2. The van der Waals surface area contributed by atoms with Crippen LogP contribution in [0, 0.1) is 0 Å². The highest BCUT2D eigenvalue weighted by Crippen LogP contribution is 2.19. The lowest BCUT2D eigenvalue weighted by Gasteiger charge is -2.13. The molecule has 0 amide bonds. The van der Waals surface area contributed by atoms with Crippen molar-refractivity contribution in [3.63, 3.8) is 0 Å². The topological polar surface area (TPSA) is 116 Å². The van der Waals surface area contributed by atoms with Crippen LogP contribution in [0.5, 0.6) is 0 Å². The molecule has 0 saturated heterocycles. The van der Waals surface area contributed by atoms with Crippen LogP contribution in [-0.2, 0) is 24.1 Å². The van der Waals surface area contributed by atoms with Crippen LogP contribution in [-0.4, -0.2) is 17.6 Å². The standard InChI is InChI=1S/C12H13ClN4O4S/c1-16-10(14)9(11(18)17(2)12(16)19)22(20,21)15-8-5-3-4-7(13)6-8/h3-6,15H,14H2,1-2H3. The highest BCUT2D eigenvalue weighted by atomic mass is 35.5. The SMILES string of the molecule is Cn1c(N)c(S(=O)(=O)Nc2cccc(Cl)c2)c(=O)n(C)c1=O. The Bertz CT molecular complexity index is 962. The van der Waals surface area contributed by atoms with Crippen molar-refractivity contribution in [1.29, 1.82) is 0 Å². The lowest BCUT2D eigenvalue weighted by Crippen LogP contribution is -2.42. The van der Waals surface area contributed by atoms with Crippen molar-refractivity contribution in [3.05, 3.63) is 50.1 Å². The minimum Gasteiger partial charge on any atom is -0.384 e. The highest BCUT2D eigenvalue weighted by molar-refractivity contribution is 7.92. The maximum Gasteiger partial charge on any atom is 0.332 e. The molecule has 0 spiro atoms. The molecule has 1 aromatic carbocycles. The Labute approximate surface area is 130 Å². The zero-order chi connectivity index (χ0) is 16.7. The molecule has 0 bridgehead atoms. The van der Waals surface area contributed by atoms with Gasteiger partial charge in [-0.15, -0.1) is 0 Å². The van der Waals surface area contributed by atoms with Gasteiger partial charge in [0.1, 0.15) is 5.82 Å². The van der Waals surface area contributed by atoms with Crippen LogP contribution >= 0.6 is 11.6 Å². The van der Waals surface area contributed by atoms with E-state index in [0.29, 0.717) is 9.59 Å². The van der Waals surface area contributed by atoms with Gasteiger partial charge in [-0.2, -0.15) is 0 Å². The maximum atomic E-state index is 12.4. The van der Waals surface area contributed by atoms with E-state index in [9.17, 15) is 18.0 Å². The average Bonchev–Trinajstić information content (AvgIpc) is 2.42. The second kappa shape index (κ2) is 5.50. The largest absolute Gasteiger partial charge is 0.384 e. The fourth-order valence-corrected chi connectivity index (χ4v) is 3.35. The lowest BCUT2D eigenvalue weighted by molar-refractivity contribution is 0.591. The van der Waals surface area contributed by atoms with Crippen molar-refractivity contribution in [2.75, 3.05) is 10.5 Å². The number of benzene rings is 1. The molecule has 1 aromatic heterocycles. The van der Waals surface area contributed by atoms with Gasteiger partial charge in [0, 0.05) is 19.1 Å². The van der Waals surface area contributed by atoms with Gasteiger partial charge in [0.2, 0.25) is 0 Å². The number of nitrogens with zero attached hydrogens (tertiary/aromatic N) is 2. The molecule has 3 N–H and O–H groups in total. The smallest absolute Gasteiger partial charge is 0.332 e. The van der Waals surface area contributed by atoms with Gasteiger partial charge < -0.3 is 5.73 Å². The van der Waals surface area contributed by atoms with Crippen LogP contribution in [0.3, 0.4) is 0 Å². The molecular weight excluding hydrogens is 332 g/mol. The van der Waals surface area contributed by atoms with Crippen LogP contribution < -0.4 is 21.7 Å². The Kier molecular flexibility index (Phi) is 4.03. The van der Waals surface area contributed by atoms with Gasteiger partial charge in [0.15, 0.2) is 4.90 Å². The summed E-state index contributed by atoms with van der Waals surface area (Å²) in [5.74, 6) is -0.442. The van der Waals surface area contributed by atoms with Crippen LogP contribution in [0.15, 0.2) is 38.8 Å². The normalized spacial score (nSPS) is 11.4. The number of nitrogens with two attached hydrogens (primary N) is 1. The molecule has 0 aliphatic carbocycles. The predicted molar refractivity (Wildman–Crippen MR) is 83.6 cm³/mol. The molecule has 2 rings (SSSR count). The van der Waals surface area contributed by atoms with E-state index in [4.69, 9.17) is 17.3 Å². The van der Waals surface area contributed by atoms with Gasteiger partial charge in [0.25, 0.3) is 15.6 Å². The Morgan fingerprint density at radius 3 is 2.41 bits per heavy atom. The minimum absolute atomic E-state index is 0.169. The van der Waals surface area contributed by atoms with Gasteiger partial charge >= 0.3 is 5.69 Å². The number of nitrogens with one attached hydrogen (secondary N) is 1. The minimum atomic E-state index is -4.28. The van der Waals surface area contributed by atoms with Crippen LogP contribution in [0.1, 0.15) is 0 Å². The summed E-state index contributed by atoms with van der Waals surface area (Å²) in [6, 6.07) is 5.95. The fraction of sp³-hybridized carbons (Fsp3) is 0.167. The molecule has 22 heavy (non-hydrogen) atoms. The molecule has 10 heteroatoms. The van der Waals surface area contributed by atoms with E-state index in [-0.39, 0.29) is 5.69 Å². The molecule has 0 fully saturated rings. The molecule has 2 aromatic rings. The molecule has 0 unspecified atom stereocenters. The average molecular weight is 345 g/mol. The summed E-state index contributed by atoms with van der Waals surface area (Å²) in [6.07, 6.45) is 0. The van der Waals surface area contributed by atoms with E-state index in [0.717, 1.165) is 4.57 Å². The molecule has 118 valence electrons. The third-order valence-electron chi connectivity index (χ3n) is 3.01. The number of hydrogen-bond acceptors (Lipinski definition) is 5. The molecule has 8 nitrogen and oxygen atoms in total. The summed E-state index contributed by atoms with van der Waals surface area (Å²) in [6.45, 7) is 0. The van der Waals surface area contributed by atoms with Crippen molar-refractivity contribution >= 4 is 33.1 Å². The maximum absolute atomic E-state index is 12.4. The zero-order valence-corrected chi connectivity index (χ0v) is 13.3. The molecule has 0 aliphatic rings. The number of nitrogen functional groups attached to an aromatic ring is 1. The van der Waals surface area contributed by atoms with E-state index in [1.54, 1.807) is 12.1 Å².